The highest BCUT2D eigenvalue weighted by atomic mass is 16.1. The number of anilines is 1. The number of carbonyl (C=O) groups excluding carboxylic acids is 1. The molecule has 0 aliphatic heterocycles. The van der Waals surface area contributed by atoms with Crippen LogP contribution in [-0.4, -0.2) is 30.7 Å². The first kappa shape index (κ1) is 10.3. The van der Waals surface area contributed by atoms with Gasteiger partial charge in [0.1, 0.15) is 17.7 Å². The third-order valence-corrected chi connectivity index (χ3v) is 2.46. The Morgan fingerprint density at radius 3 is 3.11 bits per heavy atom. The maximum Gasteiger partial charge on any atom is 0.269 e. The molecule has 0 atom stereocenters. The summed E-state index contributed by atoms with van der Waals surface area (Å²) in [6.07, 6.45) is 4.64. The van der Waals surface area contributed by atoms with Crippen molar-refractivity contribution in [2.24, 2.45) is 5.73 Å². The van der Waals surface area contributed by atoms with Gasteiger partial charge in [-0.25, -0.2) is 9.97 Å². The molecular formula is C10H9N7O. The van der Waals surface area contributed by atoms with E-state index in [0.717, 1.165) is 5.39 Å². The van der Waals surface area contributed by atoms with Gasteiger partial charge < -0.3 is 10.7 Å². The number of amides is 1. The fourth-order valence-corrected chi connectivity index (χ4v) is 1.64. The molecule has 0 bridgehead atoms. The average Bonchev–Trinajstić information content (AvgIpc) is 2.96. The van der Waals surface area contributed by atoms with Crippen LogP contribution < -0.4 is 11.2 Å². The molecule has 8 nitrogen and oxygen atoms in total. The van der Waals surface area contributed by atoms with Crippen molar-refractivity contribution in [1.29, 1.82) is 0 Å². The fourth-order valence-electron chi connectivity index (χ4n) is 1.64. The van der Waals surface area contributed by atoms with Crippen LogP contribution in [0.3, 0.4) is 0 Å². The van der Waals surface area contributed by atoms with E-state index in [1.807, 2.05) is 6.07 Å². The Morgan fingerprint density at radius 1 is 1.39 bits per heavy atom. The van der Waals surface area contributed by atoms with Crippen molar-refractivity contribution in [1.82, 2.24) is 24.8 Å². The van der Waals surface area contributed by atoms with Crippen LogP contribution in [-0.2, 0) is 0 Å². The average molecular weight is 243 g/mol. The van der Waals surface area contributed by atoms with E-state index < -0.39 is 5.91 Å². The number of rotatable bonds is 3. The molecule has 0 saturated heterocycles. The van der Waals surface area contributed by atoms with Crippen molar-refractivity contribution in [3.8, 4) is 0 Å². The summed E-state index contributed by atoms with van der Waals surface area (Å²) in [5.74, 6) is -0.0354. The molecule has 18 heavy (non-hydrogen) atoms. The molecule has 0 aromatic carbocycles. The molecule has 0 aliphatic rings. The van der Waals surface area contributed by atoms with Crippen LogP contribution in [0.4, 0.5) is 5.82 Å². The van der Waals surface area contributed by atoms with E-state index in [4.69, 9.17) is 5.73 Å². The third kappa shape index (κ3) is 1.56. The van der Waals surface area contributed by atoms with E-state index in [9.17, 15) is 4.79 Å². The summed E-state index contributed by atoms with van der Waals surface area (Å²) in [4.78, 5) is 23.6. The molecule has 0 unspecified atom stereocenters. The van der Waals surface area contributed by atoms with Gasteiger partial charge in [0.15, 0.2) is 5.82 Å². The molecule has 0 radical (unpaired) electrons. The minimum atomic E-state index is -0.570. The second kappa shape index (κ2) is 3.84. The SMILES string of the molecule is NC(=O)c1ccnn1Nc1ncnc2[nH]ccc12. The quantitative estimate of drug-likeness (QED) is 0.604. The predicted molar refractivity (Wildman–Crippen MR) is 63.7 cm³/mol. The normalized spacial score (nSPS) is 10.7. The molecule has 3 aromatic rings. The highest BCUT2D eigenvalue weighted by molar-refractivity contribution is 5.91. The summed E-state index contributed by atoms with van der Waals surface area (Å²) in [5, 5.41) is 4.75. The minimum Gasteiger partial charge on any atom is -0.364 e. The van der Waals surface area contributed by atoms with Gasteiger partial charge in [-0.15, -0.1) is 0 Å². The topological polar surface area (TPSA) is 115 Å². The summed E-state index contributed by atoms with van der Waals surface area (Å²) in [6, 6.07) is 3.34. The Bertz CT molecular complexity index is 714. The maximum absolute atomic E-state index is 11.2. The van der Waals surface area contributed by atoms with Crippen LogP contribution >= 0.6 is 0 Å². The van der Waals surface area contributed by atoms with Crippen LogP contribution in [0.1, 0.15) is 10.5 Å². The lowest BCUT2D eigenvalue weighted by atomic mass is 10.4. The Kier molecular flexibility index (Phi) is 2.19. The summed E-state index contributed by atoms with van der Waals surface area (Å²) < 4.78 is 0. The molecule has 0 aliphatic carbocycles. The molecular weight excluding hydrogens is 234 g/mol. The molecule has 3 aromatic heterocycles. The zero-order valence-electron chi connectivity index (χ0n) is 9.16. The highest BCUT2D eigenvalue weighted by Gasteiger charge is 2.10. The Balaban J connectivity index is 2.04. The molecule has 90 valence electrons. The van der Waals surface area contributed by atoms with Gasteiger partial charge in [0.2, 0.25) is 0 Å². The van der Waals surface area contributed by atoms with Crippen LogP contribution in [0.2, 0.25) is 0 Å². The van der Waals surface area contributed by atoms with Crippen LogP contribution in [0.25, 0.3) is 11.0 Å². The lowest BCUT2D eigenvalue weighted by Gasteiger charge is -2.07. The van der Waals surface area contributed by atoms with E-state index in [1.165, 1.54) is 23.4 Å². The Hall–Kier alpha value is -2.90. The maximum atomic E-state index is 11.2. The summed E-state index contributed by atoms with van der Waals surface area (Å²) in [5.41, 5.74) is 9.07. The molecule has 4 N–H and O–H groups in total. The number of nitrogens with one attached hydrogen (secondary N) is 2. The van der Waals surface area contributed by atoms with Crippen LogP contribution in [0, 0.1) is 0 Å². The first-order valence-electron chi connectivity index (χ1n) is 5.14. The van der Waals surface area contributed by atoms with E-state index >= 15 is 0 Å². The first-order chi connectivity index (χ1) is 8.75. The number of aromatic amines is 1. The van der Waals surface area contributed by atoms with Gasteiger partial charge in [-0.3, -0.25) is 10.2 Å². The van der Waals surface area contributed by atoms with E-state index in [-0.39, 0.29) is 5.69 Å². The fraction of sp³-hybridized carbons (Fsp3) is 0. The van der Waals surface area contributed by atoms with Crippen LogP contribution in [0.5, 0.6) is 0 Å². The smallest absolute Gasteiger partial charge is 0.269 e. The molecule has 3 rings (SSSR count). The van der Waals surface area contributed by atoms with E-state index in [0.29, 0.717) is 11.5 Å². The van der Waals surface area contributed by atoms with Gasteiger partial charge in [-0.2, -0.15) is 9.89 Å². The summed E-state index contributed by atoms with van der Waals surface area (Å²) in [7, 11) is 0. The van der Waals surface area contributed by atoms with Crippen molar-refractivity contribution < 1.29 is 4.79 Å². The number of hydrogen-bond donors (Lipinski definition) is 3. The number of hydrogen-bond acceptors (Lipinski definition) is 5. The number of nitrogens with two attached hydrogens (primary N) is 1. The van der Waals surface area contributed by atoms with Gasteiger partial charge in [-0.1, -0.05) is 0 Å². The molecule has 3 heterocycles. The van der Waals surface area contributed by atoms with Crippen molar-refractivity contribution in [3.63, 3.8) is 0 Å². The number of H-pyrrole nitrogens is 1. The summed E-state index contributed by atoms with van der Waals surface area (Å²) >= 11 is 0. The van der Waals surface area contributed by atoms with Gasteiger partial charge in [-0.05, 0) is 12.1 Å². The minimum absolute atomic E-state index is 0.247. The largest absolute Gasteiger partial charge is 0.364 e. The first-order valence-corrected chi connectivity index (χ1v) is 5.14. The monoisotopic (exact) mass is 243 g/mol. The van der Waals surface area contributed by atoms with Gasteiger partial charge >= 0.3 is 0 Å². The third-order valence-electron chi connectivity index (χ3n) is 2.46. The van der Waals surface area contributed by atoms with Crippen molar-refractivity contribution in [2.75, 3.05) is 5.43 Å². The number of nitrogens with zero attached hydrogens (tertiary/aromatic N) is 4. The van der Waals surface area contributed by atoms with Crippen molar-refractivity contribution in [3.05, 3.63) is 36.5 Å². The lowest BCUT2D eigenvalue weighted by molar-refractivity contribution is 0.0992. The number of primary amides is 1. The second-order valence-electron chi connectivity index (χ2n) is 3.57. The second-order valence-corrected chi connectivity index (χ2v) is 3.57. The van der Waals surface area contributed by atoms with Gasteiger partial charge in [0.05, 0.1) is 11.6 Å². The number of fused-ring (bicyclic) bond motifs is 1. The predicted octanol–water partition coefficient (Wildman–Crippen LogP) is 0.128. The molecule has 1 amide bonds. The highest BCUT2D eigenvalue weighted by Crippen LogP contribution is 2.17. The molecule has 0 saturated carbocycles. The lowest BCUT2D eigenvalue weighted by Crippen LogP contribution is -2.22. The van der Waals surface area contributed by atoms with E-state index in [1.54, 1.807) is 6.20 Å². The number of aromatic nitrogens is 5. The van der Waals surface area contributed by atoms with Crippen LogP contribution in [0.15, 0.2) is 30.9 Å². The molecule has 0 fully saturated rings. The standard InChI is InChI=1S/C10H9N7O/c11-8(18)7-2-4-15-17(7)16-10-6-1-3-12-9(6)13-5-14-10/h1-5H,(H2,11,18)(H2,12,13,14,16). The number of carbonyl (C=O) groups is 1. The molecule has 0 spiro atoms. The van der Waals surface area contributed by atoms with E-state index in [2.05, 4.69) is 25.5 Å². The molecule has 8 heteroatoms. The Labute approximate surface area is 101 Å². The van der Waals surface area contributed by atoms with Crippen molar-refractivity contribution in [2.45, 2.75) is 0 Å². The zero-order chi connectivity index (χ0) is 12.5. The van der Waals surface area contributed by atoms with Crippen molar-refractivity contribution >= 4 is 22.8 Å². The Morgan fingerprint density at radius 2 is 2.28 bits per heavy atom. The summed E-state index contributed by atoms with van der Waals surface area (Å²) in [6.45, 7) is 0. The zero-order valence-corrected chi connectivity index (χ0v) is 9.16. The van der Waals surface area contributed by atoms with Gasteiger partial charge in [0.25, 0.3) is 5.91 Å². The van der Waals surface area contributed by atoms with Gasteiger partial charge in [0, 0.05) is 6.20 Å².